The second kappa shape index (κ2) is 4.56. The molecule has 0 saturated heterocycles. The molecule has 0 aliphatic carbocycles. The van der Waals surface area contributed by atoms with Crippen LogP contribution in [-0.2, 0) is 0 Å². The third kappa shape index (κ3) is 2.09. The van der Waals surface area contributed by atoms with Crippen molar-refractivity contribution in [2.45, 2.75) is 0 Å². The van der Waals surface area contributed by atoms with Crippen molar-refractivity contribution >= 4 is 5.78 Å². The largest absolute Gasteiger partial charge is 0.288 e. The minimum absolute atomic E-state index is 0.393. The lowest BCUT2D eigenvalue weighted by molar-refractivity contribution is 0.103. The summed E-state index contributed by atoms with van der Waals surface area (Å²) in [5.74, 6) is -6.57. The fourth-order valence-corrected chi connectivity index (χ4v) is 1.40. The van der Waals surface area contributed by atoms with E-state index in [2.05, 4.69) is 4.98 Å². The molecule has 0 amide bonds. The van der Waals surface area contributed by atoms with Gasteiger partial charge in [0.05, 0.1) is 11.8 Å². The van der Waals surface area contributed by atoms with Crippen LogP contribution in [0.4, 0.5) is 17.6 Å². The van der Waals surface area contributed by atoms with E-state index in [1.165, 1.54) is 0 Å². The number of carbonyl (C=O) groups is 1. The van der Waals surface area contributed by atoms with Crippen molar-refractivity contribution < 1.29 is 22.4 Å². The molecule has 0 aliphatic heterocycles. The molecule has 0 N–H and O–H groups in total. The van der Waals surface area contributed by atoms with Gasteiger partial charge in [0.25, 0.3) is 0 Å². The van der Waals surface area contributed by atoms with Gasteiger partial charge in [0.2, 0.25) is 0 Å². The van der Waals surface area contributed by atoms with Gasteiger partial charge in [-0.1, -0.05) is 0 Å². The molecule has 2 rings (SSSR count). The smallest absolute Gasteiger partial charge is 0.196 e. The Labute approximate surface area is 98.9 Å². The van der Waals surface area contributed by atoms with Gasteiger partial charge in [-0.2, -0.15) is 0 Å². The summed E-state index contributed by atoms with van der Waals surface area (Å²) in [5.41, 5.74) is -0.869. The topological polar surface area (TPSA) is 30.0 Å². The van der Waals surface area contributed by atoms with Crippen LogP contribution in [0.5, 0.6) is 0 Å². The highest BCUT2D eigenvalue weighted by Gasteiger charge is 2.18. The van der Waals surface area contributed by atoms with Crippen LogP contribution in [0.3, 0.4) is 0 Å². The standard InChI is InChI=1S/C12H5F4NO/c13-8-3-6(4-9(14)11(8)16)12(18)7-1-2-17-5-10(7)15/h1-5H. The first-order valence-electron chi connectivity index (χ1n) is 4.79. The molecule has 0 bridgehead atoms. The Morgan fingerprint density at radius 1 is 1.00 bits per heavy atom. The minimum Gasteiger partial charge on any atom is -0.288 e. The zero-order chi connectivity index (χ0) is 13.3. The van der Waals surface area contributed by atoms with Crippen molar-refractivity contribution in [3.63, 3.8) is 0 Å². The van der Waals surface area contributed by atoms with E-state index in [0.717, 1.165) is 18.5 Å². The average Bonchev–Trinajstić information content (AvgIpc) is 2.35. The lowest BCUT2D eigenvalue weighted by Crippen LogP contribution is -2.07. The normalized spacial score (nSPS) is 10.4. The first kappa shape index (κ1) is 12.2. The second-order valence-electron chi connectivity index (χ2n) is 3.44. The second-order valence-corrected chi connectivity index (χ2v) is 3.44. The summed E-state index contributed by atoms with van der Waals surface area (Å²) in [5, 5.41) is 0. The summed E-state index contributed by atoms with van der Waals surface area (Å²) >= 11 is 0. The Hall–Kier alpha value is -2.24. The van der Waals surface area contributed by atoms with Gasteiger partial charge in [-0.25, -0.2) is 17.6 Å². The fraction of sp³-hybridized carbons (Fsp3) is 0. The highest BCUT2D eigenvalue weighted by Crippen LogP contribution is 2.17. The van der Waals surface area contributed by atoms with Crippen LogP contribution in [0.25, 0.3) is 0 Å². The lowest BCUT2D eigenvalue weighted by atomic mass is 10.0. The van der Waals surface area contributed by atoms with E-state index in [1.54, 1.807) is 0 Å². The maximum Gasteiger partial charge on any atom is 0.196 e. The molecule has 0 saturated carbocycles. The molecular weight excluding hydrogens is 250 g/mol. The van der Waals surface area contributed by atoms with E-state index in [0.29, 0.717) is 12.1 Å². The monoisotopic (exact) mass is 255 g/mol. The summed E-state index contributed by atoms with van der Waals surface area (Å²) in [7, 11) is 0. The van der Waals surface area contributed by atoms with Gasteiger partial charge in [0.1, 0.15) is 0 Å². The molecule has 0 unspecified atom stereocenters. The summed E-state index contributed by atoms with van der Waals surface area (Å²) in [6, 6.07) is 2.10. The van der Waals surface area contributed by atoms with Gasteiger partial charge in [0, 0.05) is 11.8 Å². The minimum atomic E-state index is -1.68. The number of rotatable bonds is 2. The van der Waals surface area contributed by atoms with Gasteiger partial charge in [-0.05, 0) is 18.2 Å². The predicted molar refractivity (Wildman–Crippen MR) is 53.9 cm³/mol. The van der Waals surface area contributed by atoms with Crippen LogP contribution < -0.4 is 0 Å². The number of aromatic nitrogens is 1. The Kier molecular flexibility index (Phi) is 3.10. The van der Waals surface area contributed by atoms with Crippen LogP contribution in [0.1, 0.15) is 15.9 Å². The summed E-state index contributed by atoms with van der Waals surface area (Å²) < 4.78 is 51.9. The van der Waals surface area contributed by atoms with E-state index in [4.69, 9.17) is 0 Å². The van der Waals surface area contributed by atoms with Crippen molar-refractivity contribution in [2.75, 3.05) is 0 Å². The summed E-state index contributed by atoms with van der Waals surface area (Å²) in [6.07, 6.45) is 1.95. The molecule has 6 heteroatoms. The van der Waals surface area contributed by atoms with Gasteiger partial charge < -0.3 is 0 Å². The van der Waals surface area contributed by atoms with E-state index in [1.807, 2.05) is 0 Å². The van der Waals surface area contributed by atoms with Crippen LogP contribution in [-0.4, -0.2) is 10.8 Å². The molecular formula is C12H5F4NO. The first-order chi connectivity index (χ1) is 8.50. The quantitative estimate of drug-likeness (QED) is 0.469. The zero-order valence-electron chi connectivity index (χ0n) is 8.75. The Morgan fingerprint density at radius 2 is 1.61 bits per heavy atom. The summed E-state index contributed by atoms with van der Waals surface area (Å²) in [4.78, 5) is 15.2. The lowest BCUT2D eigenvalue weighted by Gasteiger charge is -2.03. The third-order valence-corrected chi connectivity index (χ3v) is 2.26. The SMILES string of the molecule is O=C(c1cc(F)c(F)c(F)c1)c1ccncc1F. The van der Waals surface area contributed by atoms with E-state index in [-0.39, 0.29) is 0 Å². The number of hydrogen-bond acceptors (Lipinski definition) is 2. The summed E-state index contributed by atoms with van der Waals surface area (Å²) in [6.45, 7) is 0. The molecule has 92 valence electrons. The molecule has 0 radical (unpaired) electrons. The van der Waals surface area contributed by atoms with Crippen molar-refractivity contribution in [2.24, 2.45) is 0 Å². The molecule has 1 aromatic carbocycles. The third-order valence-electron chi connectivity index (χ3n) is 2.26. The molecule has 0 atom stereocenters. The number of hydrogen-bond donors (Lipinski definition) is 0. The van der Waals surface area contributed by atoms with Crippen molar-refractivity contribution in [1.29, 1.82) is 0 Å². The molecule has 0 spiro atoms. The fourth-order valence-electron chi connectivity index (χ4n) is 1.40. The highest BCUT2D eigenvalue weighted by molar-refractivity contribution is 6.09. The molecule has 2 aromatic rings. The van der Waals surface area contributed by atoms with Crippen molar-refractivity contribution in [1.82, 2.24) is 4.98 Å². The Morgan fingerprint density at radius 3 is 2.17 bits per heavy atom. The molecule has 0 fully saturated rings. The van der Waals surface area contributed by atoms with Crippen LogP contribution in [0.2, 0.25) is 0 Å². The van der Waals surface area contributed by atoms with Crippen LogP contribution in [0.15, 0.2) is 30.6 Å². The van der Waals surface area contributed by atoms with Crippen LogP contribution >= 0.6 is 0 Å². The maximum absolute atomic E-state index is 13.3. The van der Waals surface area contributed by atoms with Gasteiger partial charge in [-0.3, -0.25) is 9.78 Å². The molecule has 18 heavy (non-hydrogen) atoms. The Bertz CT molecular complexity index is 604. The van der Waals surface area contributed by atoms with Crippen LogP contribution in [0, 0.1) is 23.3 Å². The van der Waals surface area contributed by atoms with Crippen molar-refractivity contribution in [3.05, 3.63) is 65.0 Å². The molecule has 1 aromatic heterocycles. The number of carbonyl (C=O) groups excluding carboxylic acids is 1. The van der Waals surface area contributed by atoms with Gasteiger partial charge >= 0.3 is 0 Å². The maximum atomic E-state index is 13.3. The zero-order valence-corrected chi connectivity index (χ0v) is 8.75. The number of ketones is 1. The Balaban J connectivity index is 2.51. The average molecular weight is 255 g/mol. The van der Waals surface area contributed by atoms with E-state index in [9.17, 15) is 22.4 Å². The highest BCUT2D eigenvalue weighted by atomic mass is 19.2. The number of halogens is 4. The van der Waals surface area contributed by atoms with Gasteiger partial charge in [-0.15, -0.1) is 0 Å². The van der Waals surface area contributed by atoms with E-state index < -0.39 is 40.2 Å². The molecule has 1 heterocycles. The first-order valence-corrected chi connectivity index (χ1v) is 4.79. The molecule has 2 nitrogen and oxygen atoms in total. The number of nitrogens with zero attached hydrogens (tertiary/aromatic N) is 1. The van der Waals surface area contributed by atoms with Gasteiger partial charge in [0.15, 0.2) is 29.1 Å². The number of pyridine rings is 1. The van der Waals surface area contributed by atoms with Crippen molar-refractivity contribution in [3.8, 4) is 0 Å². The van der Waals surface area contributed by atoms with E-state index >= 15 is 0 Å². The predicted octanol–water partition coefficient (Wildman–Crippen LogP) is 2.87. The molecule has 0 aliphatic rings. The number of benzene rings is 1.